The van der Waals surface area contributed by atoms with E-state index in [4.69, 9.17) is 0 Å². The number of carbonyl (C=O) groups excluding carboxylic acids is 1. The molecule has 31 heavy (non-hydrogen) atoms. The number of hydrogen-bond donors (Lipinski definition) is 3. The summed E-state index contributed by atoms with van der Waals surface area (Å²) < 4.78 is 41.7. The van der Waals surface area contributed by atoms with Crippen LogP contribution in [0.1, 0.15) is 52.4 Å². The highest BCUT2D eigenvalue weighted by molar-refractivity contribution is 7.89. The molecule has 2 atom stereocenters. The number of hydrogen-bond acceptors (Lipinski definition) is 4. The minimum Gasteiger partial charge on any atom is -0.481 e. The molecule has 4 fully saturated rings. The minimum absolute atomic E-state index is 0.0942. The third-order valence-corrected chi connectivity index (χ3v) is 9.00. The normalized spacial score (nSPS) is 32.1. The summed E-state index contributed by atoms with van der Waals surface area (Å²) in [6.07, 6.45) is 4.59. The van der Waals surface area contributed by atoms with Gasteiger partial charge in [-0.2, -0.15) is 4.72 Å². The fraction of sp³-hybridized carbons (Fsp3) is 0.636. The van der Waals surface area contributed by atoms with Gasteiger partial charge in [-0.1, -0.05) is 12.1 Å². The summed E-state index contributed by atoms with van der Waals surface area (Å²) in [5, 5.41) is 12.4. The zero-order valence-electron chi connectivity index (χ0n) is 17.7. The Bertz CT molecular complexity index is 993. The Balaban J connectivity index is 1.47. The topological polar surface area (TPSA) is 113 Å². The summed E-state index contributed by atoms with van der Waals surface area (Å²) in [5.74, 6) is -1.21. The molecule has 1 aromatic carbocycles. The molecule has 4 aliphatic rings. The predicted octanol–water partition coefficient (Wildman–Crippen LogP) is 2.67. The number of halogens is 1. The SMILES string of the molecule is CC(C)(NS(=O)(=O)c1ccccc1F)C(=O)NC1C2CC3CC1CC(CC(=O)O)(C3)C2. The Labute approximate surface area is 181 Å². The first-order valence-electron chi connectivity index (χ1n) is 10.7. The van der Waals surface area contributed by atoms with Crippen molar-refractivity contribution >= 4 is 21.9 Å². The highest BCUT2D eigenvalue weighted by Crippen LogP contribution is 2.61. The lowest BCUT2D eigenvalue weighted by atomic mass is 9.47. The molecular weight excluding hydrogens is 423 g/mol. The molecular formula is C22H29FN2O5S. The molecule has 0 radical (unpaired) electrons. The lowest BCUT2D eigenvalue weighted by Crippen LogP contribution is -2.63. The van der Waals surface area contributed by atoms with E-state index >= 15 is 0 Å². The summed E-state index contributed by atoms with van der Waals surface area (Å²) in [6, 6.07) is 4.94. The van der Waals surface area contributed by atoms with Crippen LogP contribution in [-0.4, -0.2) is 37.0 Å². The Morgan fingerprint density at radius 3 is 2.35 bits per heavy atom. The standard InChI is InChI=1S/C22H29FN2O5S/c1-21(2,25-31(29,30)17-6-4-3-5-16(17)23)20(28)24-19-14-7-13-8-15(19)11-22(9-13,10-14)12-18(26)27/h3-6,13-15,19,25H,7-12H2,1-2H3,(H,24,28)(H,26,27). The second-order valence-electron chi connectivity index (χ2n) is 10.2. The van der Waals surface area contributed by atoms with Crippen molar-refractivity contribution in [1.82, 2.24) is 10.0 Å². The summed E-state index contributed by atoms with van der Waals surface area (Å²) in [6.45, 7) is 2.92. The van der Waals surface area contributed by atoms with Crippen LogP contribution < -0.4 is 10.0 Å². The van der Waals surface area contributed by atoms with Gasteiger partial charge >= 0.3 is 5.97 Å². The number of benzene rings is 1. The molecule has 1 aromatic rings. The molecule has 1 amide bonds. The maximum atomic E-state index is 14.0. The first-order chi connectivity index (χ1) is 14.4. The van der Waals surface area contributed by atoms with Crippen LogP contribution >= 0.6 is 0 Å². The molecule has 4 aliphatic carbocycles. The zero-order chi connectivity index (χ0) is 22.6. The van der Waals surface area contributed by atoms with E-state index in [9.17, 15) is 27.5 Å². The van der Waals surface area contributed by atoms with Crippen LogP contribution in [0.2, 0.25) is 0 Å². The molecule has 5 rings (SSSR count). The van der Waals surface area contributed by atoms with Crippen molar-refractivity contribution in [3.63, 3.8) is 0 Å². The van der Waals surface area contributed by atoms with Crippen molar-refractivity contribution in [2.75, 3.05) is 0 Å². The van der Waals surface area contributed by atoms with Gasteiger partial charge in [0.1, 0.15) is 16.3 Å². The van der Waals surface area contributed by atoms with Crippen LogP contribution in [-0.2, 0) is 19.6 Å². The largest absolute Gasteiger partial charge is 0.481 e. The summed E-state index contributed by atoms with van der Waals surface area (Å²) in [4.78, 5) is 24.0. The fourth-order valence-electron chi connectivity index (χ4n) is 6.40. The zero-order valence-corrected chi connectivity index (χ0v) is 18.5. The van der Waals surface area contributed by atoms with Crippen molar-refractivity contribution in [2.45, 2.75) is 68.8 Å². The van der Waals surface area contributed by atoms with Crippen molar-refractivity contribution in [3.8, 4) is 0 Å². The third kappa shape index (κ3) is 4.22. The predicted molar refractivity (Wildman–Crippen MR) is 111 cm³/mol. The monoisotopic (exact) mass is 452 g/mol. The molecule has 170 valence electrons. The first kappa shape index (κ1) is 22.2. The maximum Gasteiger partial charge on any atom is 0.303 e. The van der Waals surface area contributed by atoms with E-state index in [0.717, 1.165) is 44.2 Å². The molecule has 0 saturated heterocycles. The number of aliphatic carboxylic acids is 1. The van der Waals surface area contributed by atoms with Crippen molar-refractivity contribution < 1.29 is 27.5 Å². The lowest BCUT2D eigenvalue weighted by Gasteiger charge is -2.60. The van der Waals surface area contributed by atoms with E-state index in [1.807, 2.05) is 0 Å². The van der Waals surface area contributed by atoms with Gasteiger partial charge in [0.05, 0.1) is 6.42 Å². The third-order valence-electron chi connectivity index (χ3n) is 7.31. The number of carbonyl (C=O) groups is 2. The molecule has 3 N–H and O–H groups in total. The van der Waals surface area contributed by atoms with Crippen LogP contribution in [0.3, 0.4) is 0 Å². The van der Waals surface area contributed by atoms with E-state index in [-0.39, 0.29) is 29.7 Å². The number of carboxylic acid groups (broad SMARTS) is 1. The Hall–Kier alpha value is -2.00. The lowest BCUT2D eigenvalue weighted by molar-refractivity contribution is -0.149. The van der Waals surface area contributed by atoms with Gasteiger partial charge in [0.2, 0.25) is 15.9 Å². The van der Waals surface area contributed by atoms with Gasteiger partial charge < -0.3 is 10.4 Å². The van der Waals surface area contributed by atoms with Gasteiger partial charge in [-0.15, -0.1) is 0 Å². The van der Waals surface area contributed by atoms with Gasteiger partial charge in [-0.25, -0.2) is 12.8 Å². The second-order valence-corrected chi connectivity index (χ2v) is 11.9. The highest BCUT2D eigenvalue weighted by Gasteiger charge is 2.56. The molecule has 0 aliphatic heterocycles. The van der Waals surface area contributed by atoms with Crippen molar-refractivity contribution in [3.05, 3.63) is 30.1 Å². The van der Waals surface area contributed by atoms with E-state index in [2.05, 4.69) is 10.0 Å². The van der Waals surface area contributed by atoms with Gasteiger partial charge in [0.25, 0.3) is 0 Å². The van der Waals surface area contributed by atoms with Crippen LogP contribution in [0.15, 0.2) is 29.2 Å². The Kier molecular flexibility index (Phi) is 5.41. The Morgan fingerprint density at radius 2 is 1.77 bits per heavy atom. The molecule has 0 spiro atoms. The van der Waals surface area contributed by atoms with Crippen LogP contribution in [0.5, 0.6) is 0 Å². The van der Waals surface area contributed by atoms with Crippen molar-refractivity contribution in [2.24, 2.45) is 23.2 Å². The maximum absolute atomic E-state index is 14.0. The van der Waals surface area contributed by atoms with Gasteiger partial charge in [0.15, 0.2) is 0 Å². The molecule has 4 bridgehead atoms. The number of nitrogens with one attached hydrogen (secondary N) is 2. The first-order valence-corrected chi connectivity index (χ1v) is 12.2. The van der Waals surface area contributed by atoms with Gasteiger partial charge in [0, 0.05) is 6.04 Å². The molecule has 4 saturated carbocycles. The van der Waals surface area contributed by atoms with Crippen LogP contribution in [0, 0.1) is 29.0 Å². The highest BCUT2D eigenvalue weighted by atomic mass is 32.2. The van der Waals surface area contributed by atoms with Gasteiger partial charge in [-0.05, 0) is 81.3 Å². The molecule has 2 unspecified atom stereocenters. The smallest absolute Gasteiger partial charge is 0.303 e. The fourth-order valence-corrected chi connectivity index (χ4v) is 7.85. The molecule has 0 heterocycles. The van der Waals surface area contributed by atoms with E-state index in [1.54, 1.807) is 0 Å². The quantitative estimate of drug-likeness (QED) is 0.589. The number of amides is 1. The number of carboxylic acids is 1. The average Bonchev–Trinajstić information content (AvgIpc) is 2.62. The van der Waals surface area contributed by atoms with Crippen molar-refractivity contribution in [1.29, 1.82) is 0 Å². The van der Waals surface area contributed by atoms with E-state index < -0.39 is 38.2 Å². The van der Waals surface area contributed by atoms with Gasteiger partial charge in [-0.3, -0.25) is 9.59 Å². The Morgan fingerprint density at radius 1 is 1.16 bits per heavy atom. The minimum atomic E-state index is -4.23. The molecule has 0 aromatic heterocycles. The summed E-state index contributed by atoms with van der Waals surface area (Å²) in [7, 11) is -4.23. The van der Waals surface area contributed by atoms with Crippen LogP contribution in [0.4, 0.5) is 4.39 Å². The molecule has 7 nitrogen and oxygen atoms in total. The van der Waals surface area contributed by atoms with E-state index in [0.29, 0.717) is 5.92 Å². The number of rotatable bonds is 7. The molecule has 9 heteroatoms. The average molecular weight is 453 g/mol. The summed E-state index contributed by atoms with van der Waals surface area (Å²) in [5.41, 5.74) is -1.65. The van der Waals surface area contributed by atoms with Crippen LogP contribution in [0.25, 0.3) is 0 Å². The second kappa shape index (κ2) is 7.55. The number of sulfonamides is 1. The summed E-state index contributed by atoms with van der Waals surface area (Å²) >= 11 is 0. The van der Waals surface area contributed by atoms with E-state index in [1.165, 1.54) is 26.0 Å².